The highest BCUT2D eigenvalue weighted by Crippen LogP contribution is 2.25. The molecular weight excluding hydrogens is 363 g/mol. The maximum Gasteiger partial charge on any atom is 0.276 e. The monoisotopic (exact) mass is 386 g/mol. The number of nitrogens with zero attached hydrogens (tertiary/aromatic N) is 3. The van der Waals surface area contributed by atoms with Crippen molar-refractivity contribution in [2.45, 2.75) is 39.3 Å². The molecule has 0 saturated heterocycles. The second-order valence-electron chi connectivity index (χ2n) is 6.90. The number of hydrogen-bond acceptors (Lipinski definition) is 5. The number of halogens is 1. The smallest absolute Gasteiger partial charge is 0.276 e. The molecule has 0 bridgehead atoms. The Balaban J connectivity index is 1.69. The number of aromatic nitrogens is 1. The Hall–Kier alpha value is -2.87. The minimum absolute atomic E-state index is 0.166. The summed E-state index contributed by atoms with van der Waals surface area (Å²) in [7, 11) is 0. The summed E-state index contributed by atoms with van der Waals surface area (Å²) in [5.74, 6) is -0.783. The van der Waals surface area contributed by atoms with Gasteiger partial charge >= 0.3 is 0 Å². The van der Waals surface area contributed by atoms with Crippen molar-refractivity contribution in [3.63, 3.8) is 0 Å². The van der Waals surface area contributed by atoms with Crippen molar-refractivity contribution in [2.24, 2.45) is 0 Å². The van der Waals surface area contributed by atoms with Crippen molar-refractivity contribution >= 4 is 11.6 Å². The van der Waals surface area contributed by atoms with Crippen LogP contribution in [-0.2, 0) is 19.5 Å². The van der Waals surface area contributed by atoms with Gasteiger partial charge in [-0.1, -0.05) is 19.4 Å². The standard InChI is InChI=1S/C20H23FN4O3/c1-2-3-9-22-20(26)18-7-5-14-12-24(10-8-17(14)23-18)13-15-4-6-16(21)11-19(15)25(27)28/h4-7,11H,2-3,8-10,12-13H2,1H3,(H,22,26). The van der Waals surface area contributed by atoms with Gasteiger partial charge in [0.05, 0.1) is 11.0 Å². The van der Waals surface area contributed by atoms with Crippen LogP contribution in [0.25, 0.3) is 0 Å². The molecule has 0 atom stereocenters. The number of amides is 1. The van der Waals surface area contributed by atoms with Crippen molar-refractivity contribution in [3.8, 4) is 0 Å². The van der Waals surface area contributed by atoms with Crippen LogP contribution in [0.2, 0.25) is 0 Å². The molecule has 1 aliphatic heterocycles. The highest BCUT2D eigenvalue weighted by molar-refractivity contribution is 5.92. The highest BCUT2D eigenvalue weighted by Gasteiger charge is 2.22. The van der Waals surface area contributed by atoms with E-state index in [4.69, 9.17) is 0 Å². The zero-order valence-corrected chi connectivity index (χ0v) is 15.8. The van der Waals surface area contributed by atoms with Gasteiger partial charge in [0.15, 0.2) is 0 Å². The number of nitro benzene ring substituents is 1. The highest BCUT2D eigenvalue weighted by atomic mass is 19.1. The summed E-state index contributed by atoms with van der Waals surface area (Å²) in [5, 5.41) is 14.0. The van der Waals surface area contributed by atoms with Crippen molar-refractivity contribution in [2.75, 3.05) is 13.1 Å². The lowest BCUT2D eigenvalue weighted by Crippen LogP contribution is -2.32. The van der Waals surface area contributed by atoms with E-state index in [1.165, 1.54) is 12.1 Å². The molecule has 3 rings (SSSR count). The molecule has 28 heavy (non-hydrogen) atoms. The SMILES string of the molecule is CCCCNC(=O)c1ccc2c(n1)CCN(Cc1ccc(F)cc1[N+](=O)[O-])C2. The van der Waals surface area contributed by atoms with Gasteiger partial charge in [0.25, 0.3) is 11.6 Å². The lowest BCUT2D eigenvalue weighted by Gasteiger charge is -2.28. The van der Waals surface area contributed by atoms with Crippen LogP contribution in [0.15, 0.2) is 30.3 Å². The summed E-state index contributed by atoms with van der Waals surface area (Å²) in [6, 6.07) is 7.26. The van der Waals surface area contributed by atoms with Gasteiger partial charge in [-0.3, -0.25) is 19.8 Å². The summed E-state index contributed by atoms with van der Waals surface area (Å²) in [6.07, 6.45) is 2.60. The largest absolute Gasteiger partial charge is 0.351 e. The first-order valence-electron chi connectivity index (χ1n) is 9.40. The third kappa shape index (κ3) is 4.69. The molecule has 2 aromatic rings. The Morgan fingerprint density at radius 1 is 1.36 bits per heavy atom. The molecule has 0 aliphatic carbocycles. The van der Waals surface area contributed by atoms with E-state index >= 15 is 0 Å². The molecule has 1 aromatic heterocycles. The van der Waals surface area contributed by atoms with Crippen molar-refractivity contribution in [3.05, 3.63) is 68.8 Å². The van der Waals surface area contributed by atoms with Gasteiger partial charge in [-0.2, -0.15) is 0 Å². The van der Waals surface area contributed by atoms with E-state index < -0.39 is 10.7 Å². The van der Waals surface area contributed by atoms with E-state index in [2.05, 4.69) is 22.1 Å². The molecule has 2 heterocycles. The van der Waals surface area contributed by atoms with Gasteiger partial charge in [-0.15, -0.1) is 0 Å². The first kappa shape index (κ1) is 19.9. The van der Waals surface area contributed by atoms with Crippen LogP contribution in [0.4, 0.5) is 10.1 Å². The quantitative estimate of drug-likeness (QED) is 0.448. The molecule has 0 unspecified atom stereocenters. The maximum absolute atomic E-state index is 13.3. The van der Waals surface area contributed by atoms with E-state index in [0.29, 0.717) is 43.9 Å². The molecule has 7 nitrogen and oxygen atoms in total. The summed E-state index contributed by atoms with van der Waals surface area (Å²) >= 11 is 0. The third-order valence-electron chi connectivity index (χ3n) is 4.81. The van der Waals surface area contributed by atoms with Gasteiger partial charge in [0.1, 0.15) is 11.5 Å². The fourth-order valence-corrected chi connectivity index (χ4v) is 3.29. The predicted molar refractivity (Wildman–Crippen MR) is 102 cm³/mol. The Kier molecular flexibility index (Phi) is 6.30. The lowest BCUT2D eigenvalue weighted by atomic mass is 10.0. The van der Waals surface area contributed by atoms with Gasteiger partial charge < -0.3 is 5.32 Å². The molecule has 0 saturated carbocycles. The topological polar surface area (TPSA) is 88.4 Å². The van der Waals surface area contributed by atoms with Crippen molar-refractivity contribution in [1.29, 1.82) is 0 Å². The first-order chi connectivity index (χ1) is 13.5. The van der Waals surface area contributed by atoms with Crippen LogP contribution < -0.4 is 5.32 Å². The summed E-state index contributed by atoms with van der Waals surface area (Å²) in [4.78, 5) is 29.3. The van der Waals surface area contributed by atoms with E-state index in [1.807, 2.05) is 6.07 Å². The minimum Gasteiger partial charge on any atom is -0.351 e. The number of nitro groups is 1. The molecule has 148 valence electrons. The minimum atomic E-state index is -0.617. The van der Waals surface area contributed by atoms with Gasteiger partial charge in [-0.05, 0) is 30.2 Å². The van der Waals surface area contributed by atoms with Gasteiger partial charge in [-0.25, -0.2) is 9.37 Å². The molecule has 0 spiro atoms. The number of pyridine rings is 1. The lowest BCUT2D eigenvalue weighted by molar-refractivity contribution is -0.385. The number of carbonyl (C=O) groups is 1. The maximum atomic E-state index is 13.3. The zero-order chi connectivity index (χ0) is 20.1. The average molecular weight is 386 g/mol. The Morgan fingerprint density at radius 3 is 2.93 bits per heavy atom. The molecule has 1 N–H and O–H groups in total. The van der Waals surface area contributed by atoms with Crippen LogP contribution in [0.3, 0.4) is 0 Å². The van der Waals surface area contributed by atoms with Crippen LogP contribution in [-0.4, -0.2) is 33.8 Å². The predicted octanol–water partition coefficient (Wildman–Crippen LogP) is 3.22. The Bertz CT molecular complexity index is 888. The molecule has 1 aliphatic rings. The van der Waals surface area contributed by atoms with E-state index in [-0.39, 0.29) is 11.6 Å². The Labute approximate surface area is 162 Å². The van der Waals surface area contributed by atoms with E-state index in [1.54, 1.807) is 6.07 Å². The van der Waals surface area contributed by atoms with E-state index in [0.717, 1.165) is 30.2 Å². The van der Waals surface area contributed by atoms with Gasteiger partial charge in [0.2, 0.25) is 0 Å². The summed E-state index contributed by atoms with van der Waals surface area (Å²) < 4.78 is 13.3. The summed E-state index contributed by atoms with van der Waals surface area (Å²) in [6.45, 7) is 4.30. The van der Waals surface area contributed by atoms with Gasteiger partial charge in [0, 0.05) is 43.9 Å². The number of carbonyl (C=O) groups excluding carboxylic acids is 1. The fourth-order valence-electron chi connectivity index (χ4n) is 3.29. The van der Waals surface area contributed by atoms with Crippen molar-refractivity contribution < 1.29 is 14.1 Å². The average Bonchev–Trinajstić information content (AvgIpc) is 2.69. The first-order valence-corrected chi connectivity index (χ1v) is 9.40. The normalized spacial score (nSPS) is 13.8. The Morgan fingerprint density at radius 2 is 2.18 bits per heavy atom. The van der Waals surface area contributed by atoms with E-state index in [9.17, 15) is 19.3 Å². The molecule has 0 fully saturated rings. The second kappa shape index (κ2) is 8.88. The number of fused-ring (bicyclic) bond motifs is 1. The molecule has 0 radical (unpaired) electrons. The molecule has 1 amide bonds. The second-order valence-corrected chi connectivity index (χ2v) is 6.90. The molecule has 8 heteroatoms. The number of unbranched alkanes of at least 4 members (excludes halogenated alkanes) is 1. The van der Waals surface area contributed by atoms with Crippen LogP contribution in [0, 0.1) is 15.9 Å². The van der Waals surface area contributed by atoms with Crippen molar-refractivity contribution in [1.82, 2.24) is 15.2 Å². The fraction of sp³-hybridized carbons (Fsp3) is 0.400. The summed E-state index contributed by atoms with van der Waals surface area (Å²) in [5.41, 5.74) is 2.57. The number of benzene rings is 1. The third-order valence-corrected chi connectivity index (χ3v) is 4.81. The number of hydrogen-bond donors (Lipinski definition) is 1. The van der Waals surface area contributed by atoms with Crippen LogP contribution >= 0.6 is 0 Å². The zero-order valence-electron chi connectivity index (χ0n) is 15.8. The van der Waals surface area contributed by atoms with Crippen LogP contribution in [0.5, 0.6) is 0 Å². The molecular formula is C20H23FN4O3. The molecule has 1 aromatic carbocycles. The van der Waals surface area contributed by atoms with Crippen LogP contribution in [0.1, 0.15) is 47.1 Å². The number of nitrogens with one attached hydrogen (secondary N) is 1. The number of rotatable bonds is 7.